The number of halogens is 3. The van der Waals surface area contributed by atoms with Gasteiger partial charge in [0.15, 0.2) is 0 Å². The minimum Gasteiger partial charge on any atom is -0.322 e. The standard InChI is InChI=1S/C14H18Cl3N3O/c1-18-10-3-2-4-20(7-10)8-13(21)19-14-11(16)5-9(15)6-12(14)17/h5-6,10,18H,2-4,7-8H2,1H3,(H,19,21). The first kappa shape index (κ1) is 16.8. The number of hydrogen-bond acceptors (Lipinski definition) is 3. The summed E-state index contributed by atoms with van der Waals surface area (Å²) in [6, 6.07) is 3.56. The Bertz CT molecular complexity index is 501. The molecule has 0 aromatic heterocycles. The summed E-state index contributed by atoms with van der Waals surface area (Å²) in [7, 11) is 1.95. The molecule has 0 bridgehead atoms. The third kappa shape index (κ3) is 4.73. The van der Waals surface area contributed by atoms with E-state index in [9.17, 15) is 4.79 Å². The van der Waals surface area contributed by atoms with Crippen molar-refractivity contribution in [3.8, 4) is 0 Å². The third-order valence-electron chi connectivity index (χ3n) is 3.55. The predicted octanol–water partition coefficient (Wildman–Crippen LogP) is 3.27. The summed E-state index contributed by atoms with van der Waals surface area (Å²) in [5.41, 5.74) is 0.412. The number of rotatable bonds is 4. The van der Waals surface area contributed by atoms with Crippen molar-refractivity contribution in [3.63, 3.8) is 0 Å². The van der Waals surface area contributed by atoms with Gasteiger partial charge in [0.1, 0.15) is 0 Å². The summed E-state index contributed by atoms with van der Waals surface area (Å²) >= 11 is 18.0. The second kappa shape index (κ2) is 7.65. The van der Waals surface area contributed by atoms with E-state index in [4.69, 9.17) is 34.8 Å². The molecule has 1 atom stereocenters. The molecule has 7 heteroatoms. The summed E-state index contributed by atoms with van der Waals surface area (Å²) < 4.78 is 0. The van der Waals surface area contributed by atoms with Crippen LogP contribution in [0.5, 0.6) is 0 Å². The number of nitrogens with one attached hydrogen (secondary N) is 2. The second-order valence-electron chi connectivity index (χ2n) is 5.16. The van der Waals surface area contributed by atoms with Crippen LogP contribution in [-0.4, -0.2) is 43.5 Å². The number of likely N-dealkylation sites (tertiary alicyclic amines) is 1. The average Bonchev–Trinajstić information content (AvgIpc) is 2.43. The molecule has 0 aliphatic carbocycles. The van der Waals surface area contributed by atoms with Crippen molar-refractivity contribution < 1.29 is 4.79 Å². The van der Waals surface area contributed by atoms with Gasteiger partial charge in [0, 0.05) is 17.6 Å². The van der Waals surface area contributed by atoms with Gasteiger partial charge < -0.3 is 10.6 Å². The van der Waals surface area contributed by atoms with Crippen LogP contribution >= 0.6 is 34.8 Å². The van der Waals surface area contributed by atoms with Crippen molar-refractivity contribution in [3.05, 3.63) is 27.2 Å². The lowest BCUT2D eigenvalue weighted by Crippen LogP contribution is -2.46. The highest BCUT2D eigenvalue weighted by Gasteiger charge is 2.21. The second-order valence-corrected chi connectivity index (χ2v) is 6.41. The molecule has 21 heavy (non-hydrogen) atoms. The van der Waals surface area contributed by atoms with Crippen molar-refractivity contribution in [2.75, 3.05) is 32.0 Å². The van der Waals surface area contributed by atoms with E-state index in [1.54, 1.807) is 12.1 Å². The maximum absolute atomic E-state index is 12.1. The van der Waals surface area contributed by atoms with Gasteiger partial charge >= 0.3 is 0 Å². The maximum atomic E-state index is 12.1. The Morgan fingerprint density at radius 1 is 1.33 bits per heavy atom. The Kier molecular flexibility index (Phi) is 6.14. The first-order valence-corrected chi connectivity index (χ1v) is 7.97. The van der Waals surface area contributed by atoms with Crippen LogP contribution in [0.3, 0.4) is 0 Å². The highest BCUT2D eigenvalue weighted by molar-refractivity contribution is 6.42. The average molecular weight is 351 g/mol. The SMILES string of the molecule is CNC1CCCN(CC(=O)Nc2c(Cl)cc(Cl)cc2Cl)C1. The molecule has 4 nitrogen and oxygen atoms in total. The van der Waals surface area contributed by atoms with Gasteiger partial charge in [-0.05, 0) is 38.6 Å². The van der Waals surface area contributed by atoms with Crippen molar-refractivity contribution in [2.45, 2.75) is 18.9 Å². The molecule has 1 aromatic rings. The number of nitrogens with zero attached hydrogens (tertiary/aromatic N) is 1. The van der Waals surface area contributed by atoms with Gasteiger partial charge in [-0.1, -0.05) is 34.8 Å². The Morgan fingerprint density at radius 2 is 2.00 bits per heavy atom. The van der Waals surface area contributed by atoms with Gasteiger partial charge in [-0.15, -0.1) is 0 Å². The van der Waals surface area contributed by atoms with E-state index in [0.717, 1.165) is 25.9 Å². The van der Waals surface area contributed by atoms with E-state index in [-0.39, 0.29) is 5.91 Å². The molecule has 1 aliphatic heterocycles. The summed E-state index contributed by atoms with van der Waals surface area (Å²) in [5, 5.41) is 7.13. The fraction of sp³-hybridized carbons (Fsp3) is 0.500. The molecular formula is C14H18Cl3N3O. The van der Waals surface area contributed by atoms with Gasteiger partial charge in [-0.25, -0.2) is 0 Å². The molecule has 1 heterocycles. The quantitative estimate of drug-likeness (QED) is 0.876. The van der Waals surface area contributed by atoms with Crippen LogP contribution in [-0.2, 0) is 4.79 Å². The van der Waals surface area contributed by atoms with Crippen molar-refractivity contribution in [1.29, 1.82) is 0 Å². The zero-order valence-corrected chi connectivity index (χ0v) is 14.0. The molecular weight excluding hydrogens is 333 g/mol. The van der Waals surface area contributed by atoms with E-state index < -0.39 is 0 Å². The lowest BCUT2D eigenvalue weighted by molar-refractivity contribution is -0.117. The topological polar surface area (TPSA) is 44.4 Å². The van der Waals surface area contributed by atoms with E-state index in [1.165, 1.54) is 0 Å². The first-order chi connectivity index (χ1) is 9.99. The number of benzene rings is 1. The van der Waals surface area contributed by atoms with Gasteiger partial charge in [0.25, 0.3) is 0 Å². The summed E-state index contributed by atoms with van der Waals surface area (Å²) in [4.78, 5) is 14.3. The molecule has 1 aliphatic rings. The summed E-state index contributed by atoms with van der Waals surface area (Å²) in [5.74, 6) is -0.127. The number of likely N-dealkylation sites (N-methyl/N-ethyl adjacent to an activating group) is 1. The minimum atomic E-state index is -0.127. The Morgan fingerprint density at radius 3 is 2.62 bits per heavy atom. The number of piperidine rings is 1. The number of carbonyl (C=O) groups is 1. The zero-order valence-electron chi connectivity index (χ0n) is 11.8. The smallest absolute Gasteiger partial charge is 0.238 e. The Balaban J connectivity index is 1.96. The van der Waals surface area contributed by atoms with E-state index in [0.29, 0.717) is 33.3 Å². The van der Waals surface area contributed by atoms with Crippen molar-refractivity contribution in [2.24, 2.45) is 0 Å². The van der Waals surface area contributed by atoms with E-state index in [2.05, 4.69) is 15.5 Å². The van der Waals surface area contributed by atoms with Crippen LogP contribution in [0.1, 0.15) is 12.8 Å². The van der Waals surface area contributed by atoms with Crippen LogP contribution in [0.2, 0.25) is 15.1 Å². The molecule has 1 amide bonds. The fourth-order valence-corrected chi connectivity index (χ4v) is 3.39. The summed E-state index contributed by atoms with van der Waals surface area (Å²) in [6.07, 6.45) is 2.23. The molecule has 2 rings (SSSR count). The van der Waals surface area contributed by atoms with Gasteiger partial charge in [-0.2, -0.15) is 0 Å². The fourth-order valence-electron chi connectivity index (χ4n) is 2.48. The molecule has 0 spiro atoms. The van der Waals surface area contributed by atoms with Crippen molar-refractivity contribution >= 4 is 46.4 Å². The molecule has 0 saturated carbocycles. The number of amides is 1. The first-order valence-electron chi connectivity index (χ1n) is 6.83. The number of hydrogen-bond donors (Lipinski definition) is 2. The Labute approximate surface area is 139 Å². The van der Waals surface area contributed by atoms with Crippen LogP contribution in [0, 0.1) is 0 Å². The van der Waals surface area contributed by atoms with Gasteiger partial charge in [0.2, 0.25) is 5.91 Å². The molecule has 1 aromatic carbocycles. The molecule has 116 valence electrons. The monoisotopic (exact) mass is 349 g/mol. The third-order valence-corrected chi connectivity index (χ3v) is 4.37. The van der Waals surface area contributed by atoms with Crippen LogP contribution < -0.4 is 10.6 Å². The lowest BCUT2D eigenvalue weighted by atomic mass is 10.1. The van der Waals surface area contributed by atoms with Crippen molar-refractivity contribution in [1.82, 2.24) is 10.2 Å². The highest BCUT2D eigenvalue weighted by atomic mass is 35.5. The van der Waals surface area contributed by atoms with E-state index >= 15 is 0 Å². The van der Waals surface area contributed by atoms with Gasteiger partial charge in [0.05, 0.1) is 22.3 Å². The maximum Gasteiger partial charge on any atom is 0.238 e. The molecule has 1 saturated heterocycles. The Hall–Kier alpha value is -0.520. The normalized spacial score (nSPS) is 19.5. The predicted molar refractivity (Wildman–Crippen MR) is 88.6 cm³/mol. The van der Waals surface area contributed by atoms with Gasteiger partial charge in [-0.3, -0.25) is 9.69 Å². The summed E-state index contributed by atoms with van der Waals surface area (Å²) in [6.45, 7) is 2.12. The van der Waals surface area contributed by atoms with Crippen LogP contribution in [0.4, 0.5) is 5.69 Å². The van der Waals surface area contributed by atoms with Crippen LogP contribution in [0.15, 0.2) is 12.1 Å². The molecule has 0 radical (unpaired) electrons. The molecule has 1 fully saturated rings. The largest absolute Gasteiger partial charge is 0.322 e. The lowest BCUT2D eigenvalue weighted by Gasteiger charge is -2.31. The molecule has 1 unspecified atom stereocenters. The zero-order chi connectivity index (χ0) is 15.4. The van der Waals surface area contributed by atoms with E-state index in [1.807, 2.05) is 7.05 Å². The van der Waals surface area contributed by atoms with Crippen LogP contribution in [0.25, 0.3) is 0 Å². The molecule has 2 N–H and O–H groups in total. The number of anilines is 1. The number of carbonyl (C=O) groups excluding carboxylic acids is 1. The minimum absolute atomic E-state index is 0.127. The highest BCUT2D eigenvalue weighted by Crippen LogP contribution is 2.33.